The third-order valence-electron chi connectivity index (χ3n) is 4.88. The van der Waals surface area contributed by atoms with Crippen LogP contribution in [0.4, 0.5) is 0 Å². The molecule has 5 nitrogen and oxygen atoms in total. The van der Waals surface area contributed by atoms with Crippen LogP contribution >= 0.6 is 23.2 Å². The second-order valence-corrected chi connectivity index (χ2v) is 7.88. The fourth-order valence-corrected chi connectivity index (χ4v) is 3.91. The van der Waals surface area contributed by atoms with E-state index in [0.717, 1.165) is 16.6 Å². The van der Waals surface area contributed by atoms with Crippen molar-refractivity contribution in [3.8, 4) is 5.75 Å². The Bertz CT molecular complexity index is 1220. The van der Waals surface area contributed by atoms with E-state index in [1.54, 1.807) is 22.8 Å². The van der Waals surface area contributed by atoms with E-state index in [1.807, 2.05) is 59.2 Å². The molecule has 4 aromatic rings. The van der Waals surface area contributed by atoms with Gasteiger partial charge < -0.3 is 19.0 Å². The average Bonchev–Trinajstić information content (AvgIpc) is 3.00. The van der Waals surface area contributed by atoms with Gasteiger partial charge in [0.1, 0.15) is 18.5 Å². The number of imidazole rings is 1. The maximum Gasteiger partial charge on any atom is 0.203 e. The number of rotatable bonds is 7. The zero-order chi connectivity index (χ0) is 21.1. The van der Waals surface area contributed by atoms with Crippen molar-refractivity contribution in [2.45, 2.75) is 19.2 Å². The van der Waals surface area contributed by atoms with Gasteiger partial charge in [-0.1, -0.05) is 65.7 Å². The molecule has 30 heavy (non-hydrogen) atoms. The molecule has 154 valence electrons. The lowest BCUT2D eigenvalue weighted by atomic mass is 10.2. The van der Waals surface area contributed by atoms with E-state index in [2.05, 4.69) is 0 Å². The molecule has 0 radical (unpaired) electrons. The summed E-state index contributed by atoms with van der Waals surface area (Å²) in [6.07, 6.45) is -0.818. The monoisotopic (exact) mass is 441 g/mol. The number of nitrogens with one attached hydrogen (secondary N) is 1. The Morgan fingerprint density at radius 1 is 0.900 bits per heavy atom. The zero-order valence-electron chi connectivity index (χ0n) is 16.1. The molecule has 2 N–H and O–H groups in total. The van der Waals surface area contributed by atoms with Gasteiger partial charge in [-0.2, -0.15) is 0 Å². The fourth-order valence-electron chi connectivity index (χ4n) is 3.45. The number of nitrogens with zero attached hydrogens (tertiary/aromatic N) is 2. The third-order valence-corrected chi connectivity index (χ3v) is 5.41. The molecular formula is C23H21Cl2N3O2. The predicted molar refractivity (Wildman–Crippen MR) is 119 cm³/mol. The van der Waals surface area contributed by atoms with Crippen LogP contribution in [0.1, 0.15) is 5.56 Å². The highest BCUT2D eigenvalue weighted by Crippen LogP contribution is 2.27. The maximum atomic E-state index is 10.6. The van der Waals surface area contributed by atoms with E-state index in [1.165, 1.54) is 0 Å². The van der Waals surface area contributed by atoms with Crippen LogP contribution in [0.25, 0.3) is 11.0 Å². The highest BCUT2D eigenvalue weighted by molar-refractivity contribution is 6.35. The Labute approximate surface area is 184 Å². The molecule has 0 aliphatic heterocycles. The summed E-state index contributed by atoms with van der Waals surface area (Å²) in [4.78, 5) is 0. The SMILES string of the molecule is N=c1n(Cc2ccccc2)c2ccccc2n1C[C@@H](O)COc1ccc(Cl)cc1Cl. The molecule has 0 saturated heterocycles. The van der Waals surface area contributed by atoms with Crippen molar-refractivity contribution in [2.75, 3.05) is 6.61 Å². The van der Waals surface area contributed by atoms with Gasteiger partial charge >= 0.3 is 0 Å². The number of benzene rings is 3. The van der Waals surface area contributed by atoms with Crippen LogP contribution in [0.5, 0.6) is 5.75 Å². The quantitative estimate of drug-likeness (QED) is 0.435. The van der Waals surface area contributed by atoms with Gasteiger partial charge in [0, 0.05) is 5.02 Å². The van der Waals surface area contributed by atoms with E-state index in [0.29, 0.717) is 28.0 Å². The molecule has 1 heterocycles. The van der Waals surface area contributed by atoms with Crippen molar-refractivity contribution in [2.24, 2.45) is 0 Å². The number of fused-ring (bicyclic) bond motifs is 1. The summed E-state index contributed by atoms with van der Waals surface area (Å²) in [5, 5.41) is 20.2. The van der Waals surface area contributed by atoms with Crippen molar-refractivity contribution in [3.05, 3.63) is 94.0 Å². The summed E-state index contributed by atoms with van der Waals surface area (Å²) in [7, 11) is 0. The highest BCUT2D eigenvalue weighted by Gasteiger charge is 2.15. The van der Waals surface area contributed by atoms with Gasteiger partial charge in [-0.25, -0.2) is 0 Å². The van der Waals surface area contributed by atoms with Gasteiger partial charge in [0.25, 0.3) is 0 Å². The van der Waals surface area contributed by atoms with Gasteiger partial charge in [0.15, 0.2) is 0 Å². The standard InChI is InChI=1S/C23H21Cl2N3O2/c24-17-10-11-22(19(25)12-17)30-15-18(29)14-28-21-9-5-4-8-20(21)27(23(28)26)13-16-6-2-1-3-7-16/h1-12,18,26,29H,13-15H2/t18-/m1/s1. The highest BCUT2D eigenvalue weighted by atomic mass is 35.5. The van der Waals surface area contributed by atoms with E-state index < -0.39 is 6.10 Å². The lowest BCUT2D eigenvalue weighted by Gasteiger charge is -2.14. The van der Waals surface area contributed by atoms with Gasteiger partial charge in [-0.05, 0) is 35.9 Å². The van der Waals surface area contributed by atoms with Crippen molar-refractivity contribution in [1.82, 2.24) is 9.13 Å². The molecular weight excluding hydrogens is 421 g/mol. The van der Waals surface area contributed by atoms with Crippen molar-refractivity contribution in [3.63, 3.8) is 0 Å². The van der Waals surface area contributed by atoms with E-state index in [4.69, 9.17) is 33.3 Å². The first-order valence-corrected chi connectivity index (χ1v) is 10.3. The summed E-state index contributed by atoms with van der Waals surface area (Å²) in [6.45, 7) is 0.860. The Balaban J connectivity index is 1.56. The minimum absolute atomic E-state index is 0.0476. The number of ether oxygens (including phenoxy) is 1. The first-order chi connectivity index (χ1) is 14.5. The second-order valence-electron chi connectivity index (χ2n) is 7.03. The van der Waals surface area contributed by atoms with Crippen molar-refractivity contribution >= 4 is 34.2 Å². The van der Waals surface area contributed by atoms with Gasteiger partial charge in [0.05, 0.1) is 29.1 Å². The van der Waals surface area contributed by atoms with Crippen LogP contribution in [0.15, 0.2) is 72.8 Å². The number of aromatic nitrogens is 2. The number of hydrogen-bond acceptors (Lipinski definition) is 3. The molecule has 1 aromatic heterocycles. The number of halogens is 2. The molecule has 0 aliphatic rings. The molecule has 0 amide bonds. The number of aliphatic hydroxyl groups is 1. The Morgan fingerprint density at radius 3 is 2.27 bits per heavy atom. The molecule has 1 atom stereocenters. The van der Waals surface area contributed by atoms with E-state index in [9.17, 15) is 5.11 Å². The summed E-state index contributed by atoms with van der Waals surface area (Å²) in [6, 6.07) is 22.8. The van der Waals surface area contributed by atoms with Crippen LogP contribution in [0, 0.1) is 5.41 Å². The average molecular weight is 442 g/mol. The summed E-state index contributed by atoms with van der Waals surface area (Å²) < 4.78 is 9.40. The smallest absolute Gasteiger partial charge is 0.203 e. The fraction of sp³-hybridized carbons (Fsp3) is 0.174. The number of hydrogen-bond donors (Lipinski definition) is 2. The molecule has 0 fully saturated rings. The maximum absolute atomic E-state index is 10.6. The molecule has 0 saturated carbocycles. The van der Waals surface area contributed by atoms with Gasteiger partial charge in [-0.3, -0.25) is 5.41 Å². The van der Waals surface area contributed by atoms with Gasteiger partial charge in [0.2, 0.25) is 5.62 Å². The zero-order valence-corrected chi connectivity index (χ0v) is 17.6. The minimum Gasteiger partial charge on any atom is -0.489 e. The molecule has 0 spiro atoms. The van der Waals surface area contributed by atoms with Crippen LogP contribution in [0.3, 0.4) is 0 Å². The molecule has 3 aromatic carbocycles. The van der Waals surface area contributed by atoms with Crippen LogP contribution in [-0.2, 0) is 13.1 Å². The normalized spacial score (nSPS) is 12.2. The second kappa shape index (κ2) is 8.96. The minimum atomic E-state index is -0.818. The molecule has 0 bridgehead atoms. The van der Waals surface area contributed by atoms with Crippen molar-refractivity contribution < 1.29 is 9.84 Å². The van der Waals surface area contributed by atoms with Crippen LogP contribution in [-0.4, -0.2) is 27.0 Å². The first-order valence-electron chi connectivity index (χ1n) is 9.55. The summed E-state index contributed by atoms with van der Waals surface area (Å²) in [5.74, 6) is 0.461. The molecule has 7 heteroatoms. The Kier molecular flexibility index (Phi) is 6.13. The summed E-state index contributed by atoms with van der Waals surface area (Å²) in [5.41, 5.74) is 3.27. The first kappa shape index (κ1) is 20.5. The lowest BCUT2D eigenvalue weighted by molar-refractivity contribution is 0.0921. The lowest BCUT2D eigenvalue weighted by Crippen LogP contribution is -2.31. The number of aliphatic hydroxyl groups excluding tert-OH is 1. The summed E-state index contributed by atoms with van der Waals surface area (Å²) >= 11 is 12.0. The molecule has 0 unspecified atom stereocenters. The Hall–Kier alpha value is -2.73. The predicted octanol–water partition coefficient (Wildman–Crippen LogP) is 4.72. The number of para-hydroxylation sites is 2. The van der Waals surface area contributed by atoms with Crippen LogP contribution < -0.4 is 10.4 Å². The molecule has 4 rings (SSSR count). The van der Waals surface area contributed by atoms with Crippen LogP contribution in [0.2, 0.25) is 10.0 Å². The largest absolute Gasteiger partial charge is 0.489 e. The topological polar surface area (TPSA) is 63.2 Å². The van der Waals surface area contributed by atoms with Gasteiger partial charge in [-0.15, -0.1) is 0 Å². The Morgan fingerprint density at radius 2 is 1.57 bits per heavy atom. The van der Waals surface area contributed by atoms with E-state index in [-0.39, 0.29) is 13.2 Å². The third kappa shape index (κ3) is 4.38. The van der Waals surface area contributed by atoms with E-state index >= 15 is 0 Å². The molecule has 0 aliphatic carbocycles. The van der Waals surface area contributed by atoms with Crippen molar-refractivity contribution in [1.29, 1.82) is 5.41 Å².